The summed E-state index contributed by atoms with van der Waals surface area (Å²) in [7, 11) is 0. The number of fused-ring (bicyclic) bond motifs is 1. The highest BCUT2D eigenvalue weighted by atomic mass is 16.4. The Morgan fingerprint density at radius 3 is 2.47 bits per heavy atom. The summed E-state index contributed by atoms with van der Waals surface area (Å²) < 4.78 is 5.65. The standard InChI is InChI=1S/C30H28N4O4/c1-5-15-34-28(35)22-10-8-9-21-25(14-13-23(27(21)22)29(34)36)32-31-18(4)24-16-19-11-12-20(33(6-2)7-3)17-26(19)38-30(24)37/h5,8-14,16-17,32H,1,6-7,15H2,2-4H3/b31-18+. The third-order valence-electron chi connectivity index (χ3n) is 6.89. The number of nitrogens with zero attached hydrogens (tertiary/aromatic N) is 3. The minimum atomic E-state index is -0.479. The van der Waals surface area contributed by atoms with E-state index in [2.05, 4.69) is 35.9 Å². The van der Waals surface area contributed by atoms with Crippen LogP contribution < -0.4 is 16.0 Å². The normalized spacial score (nSPS) is 13.3. The number of benzene rings is 3. The molecule has 0 saturated carbocycles. The molecule has 4 aromatic rings. The number of hydrazone groups is 1. The second-order valence-corrected chi connectivity index (χ2v) is 9.05. The van der Waals surface area contributed by atoms with Crippen molar-refractivity contribution in [3.63, 3.8) is 0 Å². The lowest BCUT2D eigenvalue weighted by Gasteiger charge is -2.26. The summed E-state index contributed by atoms with van der Waals surface area (Å²) in [4.78, 5) is 42.1. The molecule has 2 heterocycles. The molecule has 0 spiro atoms. The van der Waals surface area contributed by atoms with Gasteiger partial charge >= 0.3 is 5.63 Å². The molecule has 0 unspecified atom stereocenters. The molecule has 0 atom stereocenters. The van der Waals surface area contributed by atoms with Gasteiger partial charge in [-0.3, -0.25) is 19.9 Å². The van der Waals surface area contributed by atoms with Crippen molar-refractivity contribution in [2.24, 2.45) is 5.10 Å². The van der Waals surface area contributed by atoms with Gasteiger partial charge in [-0.1, -0.05) is 18.2 Å². The van der Waals surface area contributed by atoms with E-state index in [0.29, 0.717) is 44.4 Å². The van der Waals surface area contributed by atoms with E-state index < -0.39 is 5.63 Å². The molecular weight excluding hydrogens is 480 g/mol. The van der Waals surface area contributed by atoms with Crippen molar-refractivity contribution in [1.29, 1.82) is 0 Å². The summed E-state index contributed by atoms with van der Waals surface area (Å²) in [5.74, 6) is -0.717. The number of hydrogen-bond donors (Lipinski definition) is 1. The molecule has 8 nitrogen and oxygen atoms in total. The lowest BCUT2D eigenvalue weighted by atomic mass is 9.93. The van der Waals surface area contributed by atoms with Gasteiger partial charge in [0, 0.05) is 58.7 Å². The van der Waals surface area contributed by atoms with Gasteiger partial charge in [-0.15, -0.1) is 6.58 Å². The number of imide groups is 1. The van der Waals surface area contributed by atoms with Crippen molar-refractivity contribution >= 4 is 50.6 Å². The molecule has 1 aromatic heterocycles. The van der Waals surface area contributed by atoms with E-state index in [1.54, 1.807) is 37.3 Å². The topological polar surface area (TPSA) is 95.2 Å². The van der Waals surface area contributed by atoms with Crippen molar-refractivity contribution in [3.05, 3.63) is 94.4 Å². The first-order valence-electron chi connectivity index (χ1n) is 12.5. The van der Waals surface area contributed by atoms with Crippen LogP contribution in [0.2, 0.25) is 0 Å². The van der Waals surface area contributed by atoms with Crippen LogP contribution >= 0.6 is 0 Å². The Kier molecular flexibility index (Phi) is 6.55. The van der Waals surface area contributed by atoms with E-state index in [0.717, 1.165) is 24.2 Å². The zero-order valence-corrected chi connectivity index (χ0v) is 21.6. The Morgan fingerprint density at radius 1 is 1.03 bits per heavy atom. The van der Waals surface area contributed by atoms with Crippen LogP contribution in [0.4, 0.5) is 11.4 Å². The van der Waals surface area contributed by atoms with Crippen LogP contribution in [-0.4, -0.2) is 42.1 Å². The predicted molar refractivity (Wildman–Crippen MR) is 151 cm³/mol. The molecule has 8 heteroatoms. The predicted octanol–water partition coefficient (Wildman–Crippen LogP) is 5.41. The molecule has 3 aromatic carbocycles. The van der Waals surface area contributed by atoms with Crippen molar-refractivity contribution < 1.29 is 14.0 Å². The Balaban J connectivity index is 1.50. The minimum absolute atomic E-state index is 0.141. The quantitative estimate of drug-likeness (QED) is 0.112. The molecule has 1 N–H and O–H groups in total. The zero-order chi connectivity index (χ0) is 27.0. The molecule has 1 aliphatic heterocycles. The van der Waals surface area contributed by atoms with Gasteiger partial charge in [0.25, 0.3) is 11.8 Å². The molecule has 0 fully saturated rings. The Morgan fingerprint density at radius 2 is 1.76 bits per heavy atom. The molecule has 0 aliphatic carbocycles. The summed E-state index contributed by atoms with van der Waals surface area (Å²) in [5.41, 5.74) is 6.34. The number of hydrogen-bond acceptors (Lipinski definition) is 7. The number of amides is 2. The summed E-state index contributed by atoms with van der Waals surface area (Å²) in [6, 6.07) is 16.3. The Labute approximate surface area is 219 Å². The summed E-state index contributed by atoms with van der Waals surface area (Å²) in [5, 5.41) is 6.51. The van der Waals surface area contributed by atoms with E-state index in [9.17, 15) is 14.4 Å². The molecular formula is C30H28N4O4. The van der Waals surface area contributed by atoms with Crippen LogP contribution in [0, 0.1) is 0 Å². The molecule has 2 amide bonds. The first kappa shape index (κ1) is 25.0. The highest BCUT2D eigenvalue weighted by Crippen LogP contribution is 2.34. The summed E-state index contributed by atoms with van der Waals surface area (Å²) >= 11 is 0. The van der Waals surface area contributed by atoms with Gasteiger partial charge in [0.1, 0.15) is 5.58 Å². The van der Waals surface area contributed by atoms with Crippen LogP contribution in [0.1, 0.15) is 47.1 Å². The fourth-order valence-electron chi connectivity index (χ4n) is 4.88. The molecule has 0 saturated heterocycles. The van der Waals surface area contributed by atoms with Crippen LogP contribution in [0.15, 0.2) is 81.6 Å². The SMILES string of the molecule is C=CCN1C(=O)c2cccc3c(N/N=C(\C)c4cc5ccc(N(CC)CC)cc5oc4=O)ccc(c23)C1=O. The number of anilines is 2. The van der Waals surface area contributed by atoms with Crippen molar-refractivity contribution in [1.82, 2.24) is 4.90 Å². The highest BCUT2D eigenvalue weighted by Gasteiger charge is 2.32. The van der Waals surface area contributed by atoms with Gasteiger partial charge in [0.15, 0.2) is 0 Å². The highest BCUT2D eigenvalue weighted by molar-refractivity contribution is 6.26. The molecule has 0 bridgehead atoms. The number of nitrogens with one attached hydrogen (secondary N) is 1. The molecule has 0 radical (unpaired) electrons. The van der Waals surface area contributed by atoms with Crippen LogP contribution in [-0.2, 0) is 0 Å². The first-order chi connectivity index (χ1) is 18.4. The van der Waals surface area contributed by atoms with E-state index in [-0.39, 0.29) is 18.4 Å². The second-order valence-electron chi connectivity index (χ2n) is 9.05. The van der Waals surface area contributed by atoms with E-state index in [1.807, 2.05) is 24.3 Å². The van der Waals surface area contributed by atoms with E-state index in [4.69, 9.17) is 4.42 Å². The van der Waals surface area contributed by atoms with Gasteiger partial charge in [-0.2, -0.15) is 5.10 Å². The first-order valence-corrected chi connectivity index (χ1v) is 12.5. The third kappa shape index (κ3) is 4.14. The number of carbonyl (C=O) groups is 2. The van der Waals surface area contributed by atoms with Gasteiger partial charge in [0.05, 0.1) is 17.0 Å². The molecule has 192 valence electrons. The smallest absolute Gasteiger partial charge is 0.345 e. The second kappa shape index (κ2) is 9.97. The maximum atomic E-state index is 13.0. The monoisotopic (exact) mass is 508 g/mol. The van der Waals surface area contributed by atoms with E-state index >= 15 is 0 Å². The summed E-state index contributed by atoms with van der Waals surface area (Å²) in [6.07, 6.45) is 1.53. The van der Waals surface area contributed by atoms with Crippen molar-refractivity contribution in [3.8, 4) is 0 Å². The van der Waals surface area contributed by atoms with Crippen LogP contribution in [0.25, 0.3) is 21.7 Å². The van der Waals surface area contributed by atoms with Crippen LogP contribution in [0.5, 0.6) is 0 Å². The van der Waals surface area contributed by atoms with Crippen molar-refractivity contribution in [2.75, 3.05) is 30.0 Å². The number of rotatable bonds is 8. The van der Waals surface area contributed by atoms with Gasteiger partial charge in [0.2, 0.25) is 0 Å². The summed E-state index contributed by atoms with van der Waals surface area (Å²) in [6.45, 7) is 11.4. The van der Waals surface area contributed by atoms with Gasteiger partial charge in [-0.25, -0.2) is 4.79 Å². The third-order valence-corrected chi connectivity index (χ3v) is 6.89. The van der Waals surface area contributed by atoms with E-state index in [1.165, 1.54) is 11.0 Å². The molecule has 1 aliphatic rings. The Bertz CT molecular complexity index is 1680. The van der Waals surface area contributed by atoms with Crippen molar-refractivity contribution in [2.45, 2.75) is 20.8 Å². The average Bonchev–Trinajstić information content (AvgIpc) is 2.93. The largest absolute Gasteiger partial charge is 0.422 e. The zero-order valence-electron chi connectivity index (χ0n) is 21.6. The molecule has 38 heavy (non-hydrogen) atoms. The lowest BCUT2D eigenvalue weighted by Crippen LogP contribution is -2.40. The fourth-order valence-corrected chi connectivity index (χ4v) is 4.88. The maximum absolute atomic E-state index is 13.0. The van der Waals surface area contributed by atoms with Gasteiger partial charge < -0.3 is 9.32 Å². The molecule has 5 rings (SSSR count). The average molecular weight is 509 g/mol. The van der Waals surface area contributed by atoms with Gasteiger partial charge in [-0.05, 0) is 57.2 Å². The lowest BCUT2D eigenvalue weighted by molar-refractivity contribution is 0.0629. The minimum Gasteiger partial charge on any atom is -0.422 e. The fraction of sp³-hybridized carbons (Fsp3) is 0.200. The van der Waals surface area contributed by atoms with Crippen LogP contribution in [0.3, 0.4) is 0 Å². The Hall–Kier alpha value is -4.72. The maximum Gasteiger partial charge on any atom is 0.345 e. The number of carbonyl (C=O) groups excluding carboxylic acids is 2.